The maximum absolute atomic E-state index is 12.0. The van der Waals surface area contributed by atoms with E-state index in [0.29, 0.717) is 25.3 Å². The molecule has 106 valence electrons. The number of nitrogens with one attached hydrogen (secondary N) is 2. The van der Waals surface area contributed by atoms with Gasteiger partial charge >= 0.3 is 12.0 Å². The topological polar surface area (TPSA) is 98.7 Å². The monoisotopic (exact) mass is 277 g/mol. The Hall–Kier alpha value is -2.57. The van der Waals surface area contributed by atoms with Crippen molar-refractivity contribution in [3.05, 3.63) is 29.8 Å². The van der Waals surface area contributed by atoms with Crippen molar-refractivity contribution in [1.29, 1.82) is 0 Å². The predicted octanol–water partition coefficient (Wildman–Crippen LogP) is 0.739. The van der Waals surface area contributed by atoms with Crippen LogP contribution >= 0.6 is 0 Å². The van der Waals surface area contributed by atoms with E-state index < -0.39 is 5.97 Å². The quantitative estimate of drug-likeness (QED) is 0.742. The van der Waals surface area contributed by atoms with Crippen LogP contribution in [0.15, 0.2) is 24.3 Å². The number of carbonyl (C=O) groups excluding carboxylic acids is 2. The Kier molecular flexibility index (Phi) is 4.19. The van der Waals surface area contributed by atoms with E-state index in [1.807, 2.05) is 0 Å². The summed E-state index contributed by atoms with van der Waals surface area (Å²) in [4.78, 5) is 35.5. The van der Waals surface area contributed by atoms with Crippen LogP contribution in [0.1, 0.15) is 16.8 Å². The first-order valence-corrected chi connectivity index (χ1v) is 6.22. The molecule has 7 heteroatoms. The molecule has 0 radical (unpaired) electrons. The molecule has 3 N–H and O–H groups in total. The maximum Gasteiger partial charge on any atom is 0.335 e. The molecule has 1 aromatic rings. The molecule has 0 spiro atoms. The van der Waals surface area contributed by atoms with E-state index in [0.717, 1.165) is 0 Å². The zero-order chi connectivity index (χ0) is 14.5. The number of carboxylic acid groups (broad SMARTS) is 1. The Balaban J connectivity index is 1.96. The fourth-order valence-corrected chi connectivity index (χ4v) is 1.87. The molecule has 2 rings (SSSR count). The molecule has 20 heavy (non-hydrogen) atoms. The van der Waals surface area contributed by atoms with E-state index >= 15 is 0 Å². The second kappa shape index (κ2) is 6.05. The number of nitrogens with zero attached hydrogens (tertiary/aromatic N) is 1. The van der Waals surface area contributed by atoms with Gasteiger partial charge in [0, 0.05) is 31.7 Å². The van der Waals surface area contributed by atoms with Gasteiger partial charge < -0.3 is 20.6 Å². The number of anilines is 1. The number of carboxylic acids is 1. The largest absolute Gasteiger partial charge is 0.478 e. The standard InChI is InChI=1S/C13H15N3O4/c17-11-5-7-16(8-6-14-11)13(20)15-10-3-1-9(2-4-10)12(18)19/h1-4H,5-8H2,(H,14,17)(H,15,20)(H,18,19). The molecular formula is C13H15N3O4. The minimum Gasteiger partial charge on any atom is -0.478 e. The number of carbonyl (C=O) groups is 3. The number of rotatable bonds is 2. The average molecular weight is 277 g/mol. The first-order valence-electron chi connectivity index (χ1n) is 6.22. The Morgan fingerprint density at radius 2 is 1.90 bits per heavy atom. The van der Waals surface area contributed by atoms with Crippen molar-refractivity contribution in [3.63, 3.8) is 0 Å². The number of amides is 3. The lowest BCUT2D eigenvalue weighted by Crippen LogP contribution is -2.37. The third kappa shape index (κ3) is 3.47. The summed E-state index contributed by atoms with van der Waals surface area (Å²) in [5.41, 5.74) is 0.677. The van der Waals surface area contributed by atoms with Crippen LogP contribution in [0.5, 0.6) is 0 Å². The van der Waals surface area contributed by atoms with Gasteiger partial charge in [-0.2, -0.15) is 0 Å². The van der Waals surface area contributed by atoms with Gasteiger partial charge in [-0.15, -0.1) is 0 Å². The maximum atomic E-state index is 12.0. The first kappa shape index (κ1) is 13.9. The van der Waals surface area contributed by atoms with Crippen LogP contribution in [-0.4, -0.2) is 47.5 Å². The van der Waals surface area contributed by atoms with Crippen LogP contribution in [0, 0.1) is 0 Å². The number of hydrogen-bond acceptors (Lipinski definition) is 3. The lowest BCUT2D eigenvalue weighted by molar-refractivity contribution is -0.120. The highest BCUT2D eigenvalue weighted by atomic mass is 16.4. The molecule has 0 bridgehead atoms. The summed E-state index contributed by atoms with van der Waals surface area (Å²) in [6, 6.07) is 5.60. The minimum absolute atomic E-state index is 0.0638. The van der Waals surface area contributed by atoms with Crippen LogP contribution in [0.3, 0.4) is 0 Å². The van der Waals surface area contributed by atoms with Crippen molar-refractivity contribution in [2.24, 2.45) is 0 Å². The van der Waals surface area contributed by atoms with Gasteiger partial charge in [-0.1, -0.05) is 0 Å². The molecule has 1 fully saturated rings. The number of hydrogen-bond donors (Lipinski definition) is 3. The Bertz CT molecular complexity index is 527. The van der Waals surface area contributed by atoms with Crippen LogP contribution in [0.25, 0.3) is 0 Å². The normalized spacial score (nSPS) is 15.2. The zero-order valence-electron chi connectivity index (χ0n) is 10.8. The van der Waals surface area contributed by atoms with E-state index in [1.54, 1.807) is 4.90 Å². The van der Waals surface area contributed by atoms with Gasteiger partial charge in [-0.05, 0) is 24.3 Å². The predicted molar refractivity (Wildman–Crippen MR) is 71.6 cm³/mol. The highest BCUT2D eigenvalue weighted by molar-refractivity contribution is 5.92. The van der Waals surface area contributed by atoms with Crippen LogP contribution < -0.4 is 10.6 Å². The third-order valence-electron chi connectivity index (χ3n) is 2.98. The van der Waals surface area contributed by atoms with Crippen LogP contribution in [0.4, 0.5) is 10.5 Å². The molecule has 3 amide bonds. The lowest BCUT2D eigenvalue weighted by Gasteiger charge is -2.20. The highest BCUT2D eigenvalue weighted by Crippen LogP contribution is 2.11. The number of urea groups is 1. The summed E-state index contributed by atoms with van der Waals surface area (Å²) < 4.78 is 0. The molecule has 1 aliphatic heterocycles. The molecule has 0 saturated carbocycles. The second-order valence-corrected chi connectivity index (χ2v) is 4.40. The number of benzene rings is 1. The van der Waals surface area contributed by atoms with Crippen molar-refractivity contribution in [2.45, 2.75) is 6.42 Å². The SMILES string of the molecule is O=C1CCN(C(=O)Nc2ccc(C(=O)O)cc2)CCN1. The number of aromatic carboxylic acids is 1. The molecule has 7 nitrogen and oxygen atoms in total. The molecule has 1 saturated heterocycles. The minimum atomic E-state index is -1.01. The summed E-state index contributed by atoms with van der Waals surface area (Å²) in [5.74, 6) is -1.08. The van der Waals surface area contributed by atoms with Gasteiger partial charge in [0.05, 0.1) is 5.56 Å². The fourth-order valence-electron chi connectivity index (χ4n) is 1.87. The Labute approximate surface area is 115 Å². The van der Waals surface area contributed by atoms with Crippen LogP contribution in [-0.2, 0) is 4.79 Å². The molecule has 0 aromatic heterocycles. The molecule has 1 aliphatic rings. The third-order valence-corrected chi connectivity index (χ3v) is 2.98. The van der Waals surface area contributed by atoms with E-state index in [2.05, 4.69) is 10.6 Å². The van der Waals surface area contributed by atoms with Gasteiger partial charge in [0.1, 0.15) is 0 Å². The summed E-state index contributed by atoms with van der Waals surface area (Å²) in [6.45, 7) is 1.25. The summed E-state index contributed by atoms with van der Waals surface area (Å²) in [5, 5.41) is 14.1. The first-order chi connectivity index (χ1) is 9.56. The highest BCUT2D eigenvalue weighted by Gasteiger charge is 2.18. The van der Waals surface area contributed by atoms with E-state index in [-0.39, 0.29) is 23.9 Å². The summed E-state index contributed by atoms with van der Waals surface area (Å²) in [6.07, 6.45) is 0.283. The Morgan fingerprint density at radius 1 is 1.20 bits per heavy atom. The van der Waals surface area contributed by atoms with Crippen molar-refractivity contribution in [1.82, 2.24) is 10.2 Å². The van der Waals surface area contributed by atoms with Gasteiger partial charge in [0.2, 0.25) is 5.91 Å². The van der Waals surface area contributed by atoms with Gasteiger partial charge in [-0.25, -0.2) is 9.59 Å². The lowest BCUT2D eigenvalue weighted by atomic mass is 10.2. The fraction of sp³-hybridized carbons (Fsp3) is 0.308. The van der Waals surface area contributed by atoms with Crippen molar-refractivity contribution in [3.8, 4) is 0 Å². The smallest absolute Gasteiger partial charge is 0.335 e. The van der Waals surface area contributed by atoms with Crippen molar-refractivity contribution in [2.75, 3.05) is 25.0 Å². The van der Waals surface area contributed by atoms with E-state index in [9.17, 15) is 14.4 Å². The summed E-state index contributed by atoms with van der Waals surface area (Å²) in [7, 11) is 0. The zero-order valence-corrected chi connectivity index (χ0v) is 10.8. The molecule has 0 unspecified atom stereocenters. The molecular weight excluding hydrogens is 262 g/mol. The van der Waals surface area contributed by atoms with Crippen LogP contribution in [0.2, 0.25) is 0 Å². The van der Waals surface area contributed by atoms with Crippen molar-refractivity contribution >= 4 is 23.6 Å². The van der Waals surface area contributed by atoms with Gasteiger partial charge in [0.25, 0.3) is 0 Å². The van der Waals surface area contributed by atoms with Gasteiger partial charge in [-0.3, -0.25) is 4.79 Å². The van der Waals surface area contributed by atoms with Gasteiger partial charge in [0.15, 0.2) is 0 Å². The average Bonchev–Trinajstić information content (AvgIpc) is 2.64. The molecule has 0 aliphatic carbocycles. The van der Waals surface area contributed by atoms with Crippen molar-refractivity contribution < 1.29 is 19.5 Å². The Morgan fingerprint density at radius 3 is 2.55 bits per heavy atom. The second-order valence-electron chi connectivity index (χ2n) is 4.40. The van der Waals surface area contributed by atoms with E-state index in [4.69, 9.17) is 5.11 Å². The molecule has 1 aromatic carbocycles. The van der Waals surface area contributed by atoms with E-state index in [1.165, 1.54) is 24.3 Å². The summed E-state index contributed by atoms with van der Waals surface area (Å²) >= 11 is 0. The molecule has 0 atom stereocenters. The molecule has 1 heterocycles.